The van der Waals surface area contributed by atoms with Gasteiger partial charge in [-0.1, -0.05) is 26.1 Å². The first kappa shape index (κ1) is 15.2. The molecule has 0 saturated carbocycles. The molecule has 0 saturated heterocycles. The molecule has 0 spiro atoms. The smallest absolute Gasteiger partial charge is 0.255 e. The van der Waals surface area contributed by atoms with Crippen molar-refractivity contribution >= 4 is 45.7 Å². The lowest BCUT2D eigenvalue weighted by Gasteiger charge is -2.21. The van der Waals surface area contributed by atoms with Gasteiger partial charge in [-0.05, 0) is 46.7 Å². The van der Waals surface area contributed by atoms with Gasteiger partial charge in [0.25, 0.3) is 5.91 Å². The fourth-order valence-corrected chi connectivity index (χ4v) is 2.30. The van der Waals surface area contributed by atoms with Crippen molar-refractivity contribution in [1.82, 2.24) is 5.32 Å². The van der Waals surface area contributed by atoms with Crippen molar-refractivity contribution < 1.29 is 9.90 Å². The lowest BCUT2D eigenvalue weighted by atomic mass is 10.0. The van der Waals surface area contributed by atoms with Crippen LogP contribution >= 0.6 is 34.8 Å². The molecule has 18 heavy (non-hydrogen) atoms. The van der Waals surface area contributed by atoms with Crippen molar-refractivity contribution in [2.75, 3.05) is 0 Å². The Kier molecular flexibility index (Phi) is 5.33. The van der Waals surface area contributed by atoms with Gasteiger partial charge in [-0.25, -0.2) is 0 Å². The predicted molar refractivity (Wildman–Crippen MR) is 83.7 cm³/mol. The van der Waals surface area contributed by atoms with Crippen LogP contribution in [0.1, 0.15) is 24.2 Å². The number of carbonyl (C=O) groups is 1. The second kappa shape index (κ2) is 6.33. The summed E-state index contributed by atoms with van der Waals surface area (Å²) in [5.41, 5.74) is 5.81. The lowest BCUT2D eigenvalue weighted by molar-refractivity contribution is 0.0937. The highest BCUT2D eigenvalue weighted by Crippen LogP contribution is 2.20. The van der Waals surface area contributed by atoms with E-state index in [1.54, 1.807) is 12.1 Å². The van der Waals surface area contributed by atoms with E-state index in [-0.39, 0.29) is 34.2 Å². The summed E-state index contributed by atoms with van der Waals surface area (Å²) >= 11 is 6.99. The number of thiocarbonyl (C=S) groups is 1. The Morgan fingerprint density at radius 2 is 2.11 bits per heavy atom. The monoisotopic (exact) mass is 378 g/mol. The highest BCUT2D eigenvalue weighted by molar-refractivity contribution is 14.1. The Labute approximate surface area is 125 Å². The van der Waals surface area contributed by atoms with Crippen LogP contribution in [0.25, 0.3) is 0 Å². The minimum absolute atomic E-state index is 0.0571. The predicted octanol–water partition coefficient (Wildman–Crippen LogP) is 2.04. The van der Waals surface area contributed by atoms with Crippen LogP contribution in [0, 0.1) is 9.49 Å². The zero-order valence-electron chi connectivity index (χ0n) is 10.1. The van der Waals surface area contributed by atoms with E-state index in [1.807, 2.05) is 13.8 Å². The van der Waals surface area contributed by atoms with Gasteiger partial charge in [-0.2, -0.15) is 0 Å². The van der Waals surface area contributed by atoms with E-state index >= 15 is 0 Å². The summed E-state index contributed by atoms with van der Waals surface area (Å²) in [6, 6.07) is 4.44. The van der Waals surface area contributed by atoms with Crippen LogP contribution in [0.4, 0.5) is 0 Å². The van der Waals surface area contributed by atoms with Crippen LogP contribution in [0.15, 0.2) is 18.2 Å². The van der Waals surface area contributed by atoms with Crippen molar-refractivity contribution in [1.29, 1.82) is 0 Å². The minimum atomic E-state index is -0.384. The van der Waals surface area contributed by atoms with Gasteiger partial charge in [-0.15, -0.1) is 0 Å². The van der Waals surface area contributed by atoms with Gasteiger partial charge < -0.3 is 16.2 Å². The Hall–Kier alpha value is -0.890. The van der Waals surface area contributed by atoms with Crippen LogP contribution in [0.5, 0.6) is 5.75 Å². The molecule has 4 N–H and O–H groups in total. The number of nitrogens with one attached hydrogen (secondary N) is 1. The van der Waals surface area contributed by atoms with Crippen LogP contribution in [0.3, 0.4) is 0 Å². The number of rotatable bonds is 4. The molecule has 1 aromatic rings. The van der Waals surface area contributed by atoms with Crippen LogP contribution in [-0.2, 0) is 0 Å². The topological polar surface area (TPSA) is 75.3 Å². The van der Waals surface area contributed by atoms with Gasteiger partial charge in [0.15, 0.2) is 0 Å². The number of carbonyl (C=O) groups excluding carboxylic acids is 1. The van der Waals surface area contributed by atoms with Crippen molar-refractivity contribution in [2.24, 2.45) is 11.7 Å². The highest BCUT2D eigenvalue weighted by Gasteiger charge is 2.21. The molecule has 0 aliphatic heterocycles. The van der Waals surface area contributed by atoms with Gasteiger partial charge >= 0.3 is 0 Å². The summed E-state index contributed by atoms with van der Waals surface area (Å²) in [7, 11) is 0. The Bertz CT molecular complexity index is 477. The van der Waals surface area contributed by atoms with Crippen molar-refractivity contribution in [3.05, 3.63) is 27.3 Å². The number of aromatic hydroxyl groups is 1. The van der Waals surface area contributed by atoms with Crippen LogP contribution in [-0.4, -0.2) is 22.0 Å². The largest absolute Gasteiger partial charge is 0.507 e. The van der Waals surface area contributed by atoms with Crippen molar-refractivity contribution in [3.63, 3.8) is 0 Å². The van der Waals surface area contributed by atoms with E-state index in [2.05, 4.69) is 27.9 Å². The molecule has 0 aromatic heterocycles. The number of hydrogen-bond acceptors (Lipinski definition) is 3. The normalized spacial score (nSPS) is 12.2. The number of phenols is 1. The summed E-state index contributed by atoms with van der Waals surface area (Å²) in [6.45, 7) is 3.83. The lowest BCUT2D eigenvalue weighted by Crippen LogP contribution is -2.46. The molecule has 0 heterocycles. The molecular formula is C12H15IN2O2S. The SMILES string of the molecule is CC(C)C(NC(=O)c1cc(I)ccc1O)C(N)=S. The summed E-state index contributed by atoms with van der Waals surface area (Å²) in [5.74, 6) is -0.341. The maximum atomic E-state index is 12.0. The quantitative estimate of drug-likeness (QED) is 0.554. The molecule has 0 bridgehead atoms. The summed E-state index contributed by atoms with van der Waals surface area (Å²) in [5, 5.41) is 12.4. The van der Waals surface area contributed by atoms with Gasteiger partial charge in [0.1, 0.15) is 5.75 Å². The number of phenolic OH excluding ortho intramolecular Hbond substituents is 1. The summed E-state index contributed by atoms with van der Waals surface area (Å²) < 4.78 is 0.868. The fourth-order valence-electron chi connectivity index (χ4n) is 1.48. The van der Waals surface area contributed by atoms with Gasteiger partial charge in [0.2, 0.25) is 0 Å². The van der Waals surface area contributed by atoms with E-state index in [0.29, 0.717) is 0 Å². The first-order valence-electron chi connectivity index (χ1n) is 5.41. The van der Waals surface area contributed by atoms with Gasteiger partial charge in [0.05, 0.1) is 16.6 Å². The molecule has 1 rings (SSSR count). The molecule has 4 nitrogen and oxygen atoms in total. The van der Waals surface area contributed by atoms with Crippen molar-refractivity contribution in [3.8, 4) is 5.75 Å². The summed E-state index contributed by atoms with van der Waals surface area (Å²) in [6.07, 6.45) is 0. The minimum Gasteiger partial charge on any atom is -0.507 e. The van der Waals surface area contributed by atoms with Crippen LogP contribution in [0.2, 0.25) is 0 Å². The van der Waals surface area contributed by atoms with E-state index in [1.165, 1.54) is 6.07 Å². The third-order valence-corrected chi connectivity index (χ3v) is 3.39. The summed E-state index contributed by atoms with van der Waals surface area (Å²) in [4.78, 5) is 12.3. The second-order valence-electron chi connectivity index (χ2n) is 4.26. The Balaban J connectivity index is 2.94. The maximum absolute atomic E-state index is 12.0. The fraction of sp³-hybridized carbons (Fsp3) is 0.333. The van der Waals surface area contributed by atoms with E-state index in [4.69, 9.17) is 18.0 Å². The highest BCUT2D eigenvalue weighted by atomic mass is 127. The second-order valence-corrected chi connectivity index (χ2v) is 5.98. The number of halogens is 1. The standard InChI is InChI=1S/C12H15IN2O2S/c1-6(2)10(11(14)18)15-12(17)8-5-7(13)3-4-9(8)16/h3-6,10,16H,1-2H3,(H2,14,18)(H,15,17). The molecule has 0 fully saturated rings. The third kappa shape index (κ3) is 3.81. The Morgan fingerprint density at radius 3 is 2.61 bits per heavy atom. The third-order valence-electron chi connectivity index (χ3n) is 2.46. The zero-order chi connectivity index (χ0) is 13.9. The van der Waals surface area contributed by atoms with Crippen molar-refractivity contribution in [2.45, 2.75) is 19.9 Å². The Morgan fingerprint density at radius 1 is 1.50 bits per heavy atom. The molecule has 1 unspecified atom stereocenters. The first-order chi connectivity index (χ1) is 8.32. The molecule has 0 radical (unpaired) electrons. The van der Waals surface area contributed by atoms with E-state index < -0.39 is 0 Å². The van der Waals surface area contributed by atoms with Crippen LogP contribution < -0.4 is 11.1 Å². The molecule has 1 aromatic carbocycles. The molecule has 0 aliphatic rings. The van der Waals surface area contributed by atoms with E-state index in [0.717, 1.165) is 3.57 Å². The zero-order valence-corrected chi connectivity index (χ0v) is 13.1. The number of hydrogen-bond donors (Lipinski definition) is 3. The average molecular weight is 378 g/mol. The molecular weight excluding hydrogens is 363 g/mol. The molecule has 98 valence electrons. The van der Waals surface area contributed by atoms with Gasteiger partial charge in [-0.3, -0.25) is 4.79 Å². The number of benzene rings is 1. The maximum Gasteiger partial charge on any atom is 0.255 e. The number of amides is 1. The van der Waals surface area contributed by atoms with Gasteiger partial charge in [0, 0.05) is 3.57 Å². The van der Waals surface area contributed by atoms with E-state index in [9.17, 15) is 9.90 Å². The molecule has 1 amide bonds. The first-order valence-corrected chi connectivity index (χ1v) is 6.90. The average Bonchev–Trinajstić information content (AvgIpc) is 2.28. The number of nitrogens with two attached hydrogens (primary N) is 1. The molecule has 6 heteroatoms. The molecule has 1 atom stereocenters. The molecule has 0 aliphatic carbocycles.